The molecule has 1 aromatic heterocycles. The molecule has 6 nitrogen and oxygen atoms in total. The zero-order chi connectivity index (χ0) is 16.1. The summed E-state index contributed by atoms with van der Waals surface area (Å²) in [5.74, 6) is 0.651. The Bertz CT molecular complexity index is 524. The molecule has 1 atom stereocenters. The number of carbonyl (C=O) groups is 2. The second-order valence-electron chi connectivity index (χ2n) is 5.34. The third-order valence-electron chi connectivity index (χ3n) is 3.72. The highest BCUT2D eigenvalue weighted by Gasteiger charge is 2.29. The molecule has 1 fully saturated rings. The fraction of sp³-hybridized carbons (Fsp3) is 0.667. The maximum atomic E-state index is 12.3. The van der Waals surface area contributed by atoms with Gasteiger partial charge in [0.05, 0.1) is 24.0 Å². The standard InChI is InChI=1S/C15H22N2O4S/c1-4-20-14(19)12-6-5-7-17(8-12)13(18)9-22-15-16-10(2)11(3)21-15/h12H,4-9H2,1-3H3/t12-/m0/s1. The summed E-state index contributed by atoms with van der Waals surface area (Å²) >= 11 is 1.29. The van der Waals surface area contributed by atoms with Crippen LogP contribution in [-0.2, 0) is 14.3 Å². The predicted octanol–water partition coefficient (Wildman–Crippen LogP) is 2.19. The third-order valence-corrected chi connectivity index (χ3v) is 4.53. The summed E-state index contributed by atoms with van der Waals surface area (Å²) in [5.41, 5.74) is 0.843. The van der Waals surface area contributed by atoms with Gasteiger partial charge in [-0.2, -0.15) is 0 Å². The molecular formula is C15H22N2O4S. The fourth-order valence-electron chi connectivity index (χ4n) is 2.38. The molecule has 0 saturated carbocycles. The molecule has 0 aliphatic carbocycles. The Balaban J connectivity index is 1.85. The number of carbonyl (C=O) groups excluding carboxylic acids is 2. The van der Waals surface area contributed by atoms with Gasteiger partial charge in [0.25, 0.3) is 5.22 Å². The number of amides is 1. The van der Waals surface area contributed by atoms with Gasteiger partial charge >= 0.3 is 5.97 Å². The highest BCUT2D eigenvalue weighted by Crippen LogP contribution is 2.23. The molecule has 1 saturated heterocycles. The van der Waals surface area contributed by atoms with Gasteiger partial charge in [0, 0.05) is 13.1 Å². The van der Waals surface area contributed by atoms with Crippen LogP contribution in [0.25, 0.3) is 0 Å². The summed E-state index contributed by atoms with van der Waals surface area (Å²) in [6.45, 7) is 7.03. The number of likely N-dealkylation sites (tertiary alicyclic amines) is 1. The highest BCUT2D eigenvalue weighted by molar-refractivity contribution is 7.99. The number of hydrogen-bond donors (Lipinski definition) is 0. The van der Waals surface area contributed by atoms with Crippen molar-refractivity contribution in [3.63, 3.8) is 0 Å². The zero-order valence-electron chi connectivity index (χ0n) is 13.3. The van der Waals surface area contributed by atoms with Crippen molar-refractivity contribution in [1.82, 2.24) is 9.88 Å². The van der Waals surface area contributed by atoms with Crippen molar-refractivity contribution < 1.29 is 18.7 Å². The first-order chi connectivity index (χ1) is 10.5. The van der Waals surface area contributed by atoms with E-state index >= 15 is 0 Å². The molecule has 22 heavy (non-hydrogen) atoms. The summed E-state index contributed by atoms with van der Waals surface area (Å²) in [5, 5.41) is 0.516. The Morgan fingerprint density at radius 1 is 1.45 bits per heavy atom. The average molecular weight is 326 g/mol. The molecule has 2 rings (SSSR count). The van der Waals surface area contributed by atoms with E-state index in [2.05, 4.69) is 4.98 Å². The molecule has 1 aromatic rings. The van der Waals surface area contributed by atoms with Crippen LogP contribution in [0.15, 0.2) is 9.64 Å². The van der Waals surface area contributed by atoms with Crippen molar-refractivity contribution in [2.24, 2.45) is 5.92 Å². The van der Waals surface area contributed by atoms with Crippen molar-refractivity contribution in [1.29, 1.82) is 0 Å². The minimum Gasteiger partial charge on any atom is -0.466 e. The van der Waals surface area contributed by atoms with Crippen LogP contribution in [0.1, 0.15) is 31.2 Å². The molecular weight excluding hydrogens is 304 g/mol. The van der Waals surface area contributed by atoms with Gasteiger partial charge < -0.3 is 14.1 Å². The Morgan fingerprint density at radius 2 is 2.23 bits per heavy atom. The second-order valence-corrected chi connectivity index (χ2v) is 6.27. The van der Waals surface area contributed by atoms with Gasteiger partial charge in [-0.3, -0.25) is 9.59 Å². The number of hydrogen-bond acceptors (Lipinski definition) is 6. The van der Waals surface area contributed by atoms with Crippen molar-refractivity contribution in [3.8, 4) is 0 Å². The summed E-state index contributed by atoms with van der Waals surface area (Å²) in [7, 11) is 0. The van der Waals surface area contributed by atoms with Gasteiger partial charge in [-0.15, -0.1) is 0 Å². The van der Waals surface area contributed by atoms with Crippen LogP contribution >= 0.6 is 11.8 Å². The first-order valence-corrected chi connectivity index (χ1v) is 8.51. The van der Waals surface area contributed by atoms with Gasteiger partial charge in [0.2, 0.25) is 5.91 Å². The van der Waals surface area contributed by atoms with Crippen LogP contribution in [0.3, 0.4) is 0 Å². The van der Waals surface area contributed by atoms with Crippen molar-refractivity contribution in [2.45, 2.75) is 38.8 Å². The van der Waals surface area contributed by atoms with Crippen LogP contribution in [0, 0.1) is 19.8 Å². The van der Waals surface area contributed by atoms with Crippen LogP contribution in [-0.4, -0.2) is 47.2 Å². The number of thioether (sulfide) groups is 1. The summed E-state index contributed by atoms with van der Waals surface area (Å²) < 4.78 is 10.5. The predicted molar refractivity (Wildman–Crippen MR) is 82.6 cm³/mol. The zero-order valence-corrected chi connectivity index (χ0v) is 14.1. The Kier molecular flexibility index (Phi) is 5.88. The van der Waals surface area contributed by atoms with E-state index < -0.39 is 0 Å². The maximum absolute atomic E-state index is 12.3. The van der Waals surface area contributed by atoms with Crippen LogP contribution in [0.4, 0.5) is 0 Å². The molecule has 0 N–H and O–H groups in total. The van der Waals surface area contributed by atoms with Gasteiger partial charge in [0.15, 0.2) is 0 Å². The minimum absolute atomic E-state index is 0.00695. The molecule has 0 unspecified atom stereocenters. The highest BCUT2D eigenvalue weighted by atomic mass is 32.2. The number of oxazole rings is 1. The molecule has 0 spiro atoms. The van der Waals surface area contributed by atoms with Gasteiger partial charge in [0.1, 0.15) is 5.76 Å². The number of ether oxygens (including phenoxy) is 1. The lowest BCUT2D eigenvalue weighted by Crippen LogP contribution is -2.43. The lowest BCUT2D eigenvalue weighted by atomic mass is 9.98. The number of nitrogens with zero attached hydrogens (tertiary/aromatic N) is 2. The number of aryl methyl sites for hydroxylation is 2. The van der Waals surface area contributed by atoms with E-state index in [1.807, 2.05) is 13.8 Å². The monoisotopic (exact) mass is 326 g/mol. The van der Waals surface area contributed by atoms with Gasteiger partial charge in [-0.1, -0.05) is 11.8 Å². The Morgan fingerprint density at radius 3 is 2.86 bits per heavy atom. The van der Waals surface area contributed by atoms with Crippen LogP contribution in [0.2, 0.25) is 0 Å². The first kappa shape index (κ1) is 16.9. The number of aromatic nitrogens is 1. The van der Waals surface area contributed by atoms with Crippen molar-refractivity contribution in [3.05, 3.63) is 11.5 Å². The molecule has 0 bridgehead atoms. The van der Waals surface area contributed by atoms with Crippen molar-refractivity contribution >= 4 is 23.6 Å². The fourth-order valence-corrected chi connectivity index (χ4v) is 3.19. The molecule has 1 aliphatic rings. The second kappa shape index (κ2) is 7.67. The smallest absolute Gasteiger partial charge is 0.310 e. The van der Waals surface area contributed by atoms with E-state index in [1.165, 1.54) is 11.8 Å². The quantitative estimate of drug-likeness (QED) is 0.610. The number of piperidine rings is 1. The summed E-state index contributed by atoms with van der Waals surface area (Å²) in [6.07, 6.45) is 1.62. The number of esters is 1. The number of rotatable bonds is 5. The average Bonchev–Trinajstić information content (AvgIpc) is 2.84. The van der Waals surface area contributed by atoms with Crippen LogP contribution < -0.4 is 0 Å². The molecule has 122 valence electrons. The minimum atomic E-state index is -0.202. The normalized spacial score (nSPS) is 18.3. The van der Waals surface area contributed by atoms with E-state index in [-0.39, 0.29) is 23.5 Å². The third kappa shape index (κ3) is 4.25. The molecule has 7 heteroatoms. The Hall–Kier alpha value is -1.50. The van der Waals surface area contributed by atoms with E-state index in [0.29, 0.717) is 24.9 Å². The van der Waals surface area contributed by atoms with E-state index in [9.17, 15) is 9.59 Å². The van der Waals surface area contributed by atoms with Crippen molar-refractivity contribution in [2.75, 3.05) is 25.4 Å². The molecule has 1 amide bonds. The maximum Gasteiger partial charge on any atom is 0.310 e. The largest absolute Gasteiger partial charge is 0.466 e. The Labute approximate surface area is 134 Å². The lowest BCUT2D eigenvalue weighted by molar-refractivity contribution is -0.151. The van der Waals surface area contributed by atoms with E-state index in [1.54, 1.807) is 11.8 Å². The molecule has 1 aliphatic heterocycles. The molecule has 0 aromatic carbocycles. The lowest BCUT2D eigenvalue weighted by Gasteiger charge is -2.31. The van der Waals surface area contributed by atoms with E-state index in [4.69, 9.17) is 9.15 Å². The summed E-state index contributed by atoms with van der Waals surface area (Å²) in [4.78, 5) is 30.1. The van der Waals surface area contributed by atoms with Gasteiger partial charge in [-0.05, 0) is 33.6 Å². The SMILES string of the molecule is CCOC(=O)[C@H]1CCCN(C(=O)CSc2nc(C)c(C)o2)C1. The molecule has 0 radical (unpaired) electrons. The van der Waals surface area contributed by atoms with Gasteiger partial charge in [-0.25, -0.2) is 4.98 Å². The van der Waals surface area contributed by atoms with Crippen LogP contribution in [0.5, 0.6) is 0 Å². The molecule has 2 heterocycles. The first-order valence-electron chi connectivity index (χ1n) is 7.52. The summed E-state index contributed by atoms with van der Waals surface area (Å²) in [6, 6.07) is 0. The topological polar surface area (TPSA) is 72.6 Å². The van der Waals surface area contributed by atoms with E-state index in [0.717, 1.165) is 24.3 Å².